The molecular formula is C22H24F2N2O2. The molecule has 2 atom stereocenters. The molecule has 0 unspecified atom stereocenters. The molecule has 1 aliphatic rings. The van der Waals surface area contributed by atoms with Gasteiger partial charge in [0, 0.05) is 20.0 Å². The standard InChI is InChI=1S/C22H24F2N2O2/c1-26-20(27)13-12-19(21(26)16-6-10-18(24)11-7-16)22(28)25-14-2-3-15-4-8-17(23)9-5-15/h4-11,19,21H,2-3,12-14H2,1H3,(H,25,28)/t19-,21+/m0/s1. The fourth-order valence-corrected chi connectivity index (χ4v) is 3.71. The van der Waals surface area contributed by atoms with Crippen LogP contribution in [0.25, 0.3) is 0 Å². The summed E-state index contributed by atoms with van der Waals surface area (Å²) in [5, 5.41) is 2.96. The molecule has 4 nitrogen and oxygen atoms in total. The number of rotatable bonds is 6. The first-order valence-corrected chi connectivity index (χ1v) is 9.49. The quantitative estimate of drug-likeness (QED) is 0.771. The molecule has 1 fully saturated rings. The van der Waals surface area contributed by atoms with Crippen molar-refractivity contribution in [2.45, 2.75) is 31.7 Å². The van der Waals surface area contributed by atoms with Crippen LogP contribution in [0.4, 0.5) is 8.78 Å². The van der Waals surface area contributed by atoms with E-state index in [1.807, 2.05) is 0 Å². The van der Waals surface area contributed by atoms with Crippen LogP contribution in [0.3, 0.4) is 0 Å². The largest absolute Gasteiger partial charge is 0.356 e. The molecule has 2 aromatic rings. The number of hydrogen-bond donors (Lipinski definition) is 1. The van der Waals surface area contributed by atoms with Crippen LogP contribution in [-0.4, -0.2) is 30.3 Å². The van der Waals surface area contributed by atoms with Gasteiger partial charge in [-0.25, -0.2) is 8.78 Å². The summed E-state index contributed by atoms with van der Waals surface area (Å²) in [6.07, 6.45) is 2.27. The van der Waals surface area contributed by atoms with Crippen molar-refractivity contribution in [2.75, 3.05) is 13.6 Å². The van der Waals surface area contributed by atoms with Crippen LogP contribution in [0, 0.1) is 17.6 Å². The van der Waals surface area contributed by atoms with E-state index in [4.69, 9.17) is 0 Å². The predicted octanol–water partition coefficient (Wildman–Crippen LogP) is 3.62. The highest BCUT2D eigenvalue weighted by Crippen LogP contribution is 2.35. The van der Waals surface area contributed by atoms with E-state index in [-0.39, 0.29) is 29.4 Å². The number of nitrogens with one attached hydrogen (secondary N) is 1. The van der Waals surface area contributed by atoms with Crippen LogP contribution >= 0.6 is 0 Å². The van der Waals surface area contributed by atoms with Gasteiger partial charge in [-0.1, -0.05) is 24.3 Å². The summed E-state index contributed by atoms with van der Waals surface area (Å²) >= 11 is 0. The Labute approximate surface area is 163 Å². The van der Waals surface area contributed by atoms with E-state index in [1.54, 1.807) is 36.2 Å². The van der Waals surface area contributed by atoms with Crippen molar-refractivity contribution in [2.24, 2.45) is 5.92 Å². The molecule has 0 bridgehead atoms. The first kappa shape index (κ1) is 20.0. The molecule has 2 aromatic carbocycles. The number of piperidine rings is 1. The average molecular weight is 386 g/mol. The number of carbonyl (C=O) groups excluding carboxylic acids is 2. The van der Waals surface area contributed by atoms with Crippen molar-refractivity contribution in [3.05, 3.63) is 71.3 Å². The van der Waals surface area contributed by atoms with Crippen molar-refractivity contribution in [3.63, 3.8) is 0 Å². The van der Waals surface area contributed by atoms with Gasteiger partial charge in [0.1, 0.15) is 11.6 Å². The zero-order chi connectivity index (χ0) is 20.1. The molecule has 28 heavy (non-hydrogen) atoms. The number of carbonyl (C=O) groups is 2. The highest BCUT2D eigenvalue weighted by molar-refractivity contribution is 5.84. The van der Waals surface area contributed by atoms with Crippen molar-refractivity contribution < 1.29 is 18.4 Å². The Balaban J connectivity index is 1.60. The van der Waals surface area contributed by atoms with Gasteiger partial charge in [0.2, 0.25) is 11.8 Å². The van der Waals surface area contributed by atoms with Crippen LogP contribution < -0.4 is 5.32 Å². The second-order valence-electron chi connectivity index (χ2n) is 7.17. The minimum absolute atomic E-state index is 0.0188. The third kappa shape index (κ3) is 4.74. The molecule has 1 heterocycles. The van der Waals surface area contributed by atoms with Crippen molar-refractivity contribution in [1.29, 1.82) is 0 Å². The summed E-state index contributed by atoms with van der Waals surface area (Å²) in [7, 11) is 1.68. The van der Waals surface area contributed by atoms with E-state index in [2.05, 4.69) is 5.32 Å². The van der Waals surface area contributed by atoms with Gasteiger partial charge < -0.3 is 10.2 Å². The Kier molecular flexibility index (Phi) is 6.39. The summed E-state index contributed by atoms with van der Waals surface area (Å²) in [5.74, 6) is -1.11. The molecule has 0 radical (unpaired) electrons. The summed E-state index contributed by atoms with van der Waals surface area (Å²) in [6, 6.07) is 11.9. The number of aryl methyl sites for hydroxylation is 1. The fourth-order valence-electron chi connectivity index (χ4n) is 3.71. The van der Waals surface area contributed by atoms with Crippen molar-refractivity contribution >= 4 is 11.8 Å². The van der Waals surface area contributed by atoms with Gasteiger partial charge in [-0.3, -0.25) is 9.59 Å². The lowest BCUT2D eigenvalue weighted by atomic mass is 9.84. The van der Waals surface area contributed by atoms with E-state index in [1.165, 1.54) is 24.3 Å². The van der Waals surface area contributed by atoms with E-state index < -0.39 is 6.04 Å². The highest BCUT2D eigenvalue weighted by atomic mass is 19.1. The van der Waals surface area contributed by atoms with E-state index in [0.717, 1.165) is 24.0 Å². The highest BCUT2D eigenvalue weighted by Gasteiger charge is 2.38. The minimum Gasteiger partial charge on any atom is -0.356 e. The Hall–Kier alpha value is -2.76. The van der Waals surface area contributed by atoms with Crippen LogP contribution in [0.5, 0.6) is 0 Å². The number of amides is 2. The SMILES string of the molecule is CN1C(=O)CC[C@H](C(=O)NCCCc2ccc(F)cc2)[C@H]1c1ccc(F)cc1. The van der Waals surface area contributed by atoms with Gasteiger partial charge in [-0.15, -0.1) is 0 Å². The summed E-state index contributed by atoms with van der Waals surface area (Å²) < 4.78 is 26.2. The van der Waals surface area contributed by atoms with Crippen molar-refractivity contribution in [1.82, 2.24) is 10.2 Å². The third-order valence-corrected chi connectivity index (χ3v) is 5.26. The molecule has 3 rings (SSSR count). The normalized spacial score (nSPS) is 19.5. The molecule has 0 saturated carbocycles. The lowest BCUT2D eigenvalue weighted by Gasteiger charge is -2.38. The monoisotopic (exact) mass is 386 g/mol. The molecule has 0 spiro atoms. The Bertz CT molecular complexity index is 821. The van der Waals surface area contributed by atoms with E-state index in [0.29, 0.717) is 19.4 Å². The van der Waals surface area contributed by atoms with E-state index in [9.17, 15) is 18.4 Å². The Morgan fingerprint density at radius 2 is 1.68 bits per heavy atom. The summed E-state index contributed by atoms with van der Waals surface area (Å²) in [4.78, 5) is 26.5. The lowest BCUT2D eigenvalue weighted by molar-refractivity contribution is -0.141. The van der Waals surface area contributed by atoms with E-state index >= 15 is 0 Å². The first-order chi connectivity index (χ1) is 13.5. The predicted molar refractivity (Wildman–Crippen MR) is 102 cm³/mol. The maximum absolute atomic E-state index is 13.3. The van der Waals surface area contributed by atoms with Crippen LogP contribution in [0.1, 0.15) is 36.4 Å². The number of nitrogens with zero attached hydrogens (tertiary/aromatic N) is 1. The smallest absolute Gasteiger partial charge is 0.225 e. The van der Waals surface area contributed by atoms with Gasteiger partial charge in [-0.2, -0.15) is 0 Å². The zero-order valence-corrected chi connectivity index (χ0v) is 15.8. The maximum atomic E-state index is 13.3. The zero-order valence-electron chi connectivity index (χ0n) is 15.8. The molecule has 1 N–H and O–H groups in total. The number of halogens is 2. The van der Waals surface area contributed by atoms with Crippen LogP contribution in [0.2, 0.25) is 0 Å². The second-order valence-corrected chi connectivity index (χ2v) is 7.17. The third-order valence-electron chi connectivity index (χ3n) is 5.26. The second kappa shape index (κ2) is 8.95. The molecule has 6 heteroatoms. The van der Waals surface area contributed by atoms with Gasteiger partial charge in [0.25, 0.3) is 0 Å². The number of benzene rings is 2. The lowest BCUT2D eigenvalue weighted by Crippen LogP contribution is -2.46. The minimum atomic E-state index is -0.404. The summed E-state index contributed by atoms with van der Waals surface area (Å²) in [6.45, 7) is 0.501. The van der Waals surface area contributed by atoms with Crippen LogP contribution in [0.15, 0.2) is 48.5 Å². The molecule has 148 valence electrons. The molecule has 0 aliphatic carbocycles. The molecule has 1 saturated heterocycles. The Morgan fingerprint density at radius 3 is 2.32 bits per heavy atom. The maximum Gasteiger partial charge on any atom is 0.225 e. The topological polar surface area (TPSA) is 49.4 Å². The van der Waals surface area contributed by atoms with Gasteiger partial charge in [0.05, 0.1) is 12.0 Å². The van der Waals surface area contributed by atoms with Crippen LogP contribution in [-0.2, 0) is 16.0 Å². The number of likely N-dealkylation sites (tertiary alicyclic amines) is 1. The molecular weight excluding hydrogens is 362 g/mol. The fraction of sp³-hybridized carbons (Fsp3) is 0.364. The molecule has 2 amide bonds. The van der Waals surface area contributed by atoms with Gasteiger partial charge in [-0.05, 0) is 54.7 Å². The van der Waals surface area contributed by atoms with Gasteiger partial charge in [0.15, 0.2) is 0 Å². The Morgan fingerprint density at radius 1 is 1.07 bits per heavy atom. The molecule has 1 aliphatic heterocycles. The average Bonchev–Trinajstić information content (AvgIpc) is 2.69. The van der Waals surface area contributed by atoms with Gasteiger partial charge >= 0.3 is 0 Å². The first-order valence-electron chi connectivity index (χ1n) is 9.49. The van der Waals surface area contributed by atoms with Crippen molar-refractivity contribution in [3.8, 4) is 0 Å². The molecule has 0 aromatic heterocycles. The number of hydrogen-bond acceptors (Lipinski definition) is 2. The summed E-state index contributed by atoms with van der Waals surface area (Å²) in [5.41, 5.74) is 1.77.